The summed E-state index contributed by atoms with van der Waals surface area (Å²) >= 11 is 0. The second-order valence-corrected chi connectivity index (χ2v) is 13.5. The highest BCUT2D eigenvalue weighted by atomic mass is 16.7. The predicted octanol–water partition coefficient (Wildman–Crippen LogP) is 5.86. The van der Waals surface area contributed by atoms with E-state index in [0.29, 0.717) is 56.6 Å². The average molecular weight is 693 g/mol. The van der Waals surface area contributed by atoms with E-state index in [2.05, 4.69) is 33.7 Å². The summed E-state index contributed by atoms with van der Waals surface area (Å²) in [6, 6.07) is 31.2. The number of aliphatic hydroxyl groups is 2. The number of ether oxygens (including phenoxy) is 2. The Balaban J connectivity index is 1.04. The number of carbonyl (C=O) groups excluding carboxylic acids is 2. The Hall–Kier alpha value is -4.58. The molecule has 0 aromatic heterocycles. The van der Waals surface area contributed by atoms with Crippen molar-refractivity contribution in [1.82, 2.24) is 10.2 Å². The molecule has 2 aliphatic heterocycles. The standard InChI is InChI=1S/C41H48N4O6/c42-36-9-3-4-10-37(36)44-40(49)12-6-5-11-39(48)43-24-32-7-1-2-8-35(32)29-17-19-31(20-18-29)41-50-34(26-45-22-21-33(47)25-45)23-38(51-41)30-15-13-28(27-46)14-16-30/h1-4,7-10,13-20,33-34,38,41,46-47H,5-6,11-12,21-27,42H2,(H,43,48)(H,44,49)/t33-,34-,38+,41+/m0/s1. The van der Waals surface area contributed by atoms with Gasteiger partial charge in [0.1, 0.15) is 0 Å². The smallest absolute Gasteiger partial charge is 0.224 e. The number of hydrogen-bond donors (Lipinski definition) is 5. The number of aliphatic hydroxyl groups excluding tert-OH is 2. The van der Waals surface area contributed by atoms with Gasteiger partial charge in [0, 0.05) is 51.0 Å². The second kappa shape index (κ2) is 17.6. The van der Waals surface area contributed by atoms with Crippen LogP contribution < -0.4 is 16.4 Å². The summed E-state index contributed by atoms with van der Waals surface area (Å²) < 4.78 is 13.1. The monoisotopic (exact) mass is 692 g/mol. The number of benzene rings is 4. The van der Waals surface area contributed by atoms with Gasteiger partial charge in [-0.1, -0.05) is 84.9 Å². The molecule has 10 nitrogen and oxygen atoms in total. The molecule has 0 spiro atoms. The fraction of sp³-hybridized carbons (Fsp3) is 0.366. The molecule has 4 aromatic carbocycles. The molecule has 0 unspecified atom stereocenters. The molecule has 0 saturated carbocycles. The number of nitrogens with zero attached hydrogens (tertiary/aromatic N) is 1. The SMILES string of the molecule is Nc1ccccc1NC(=O)CCCCC(=O)NCc1ccccc1-c1ccc([C@@H]2O[C@H](CN3CC[C@H](O)C3)C[C@H](c3ccc(CO)cc3)O2)cc1. The minimum Gasteiger partial charge on any atom is -0.397 e. The van der Waals surface area contributed by atoms with E-state index in [-0.39, 0.29) is 36.7 Å². The third-order valence-corrected chi connectivity index (χ3v) is 9.60. The van der Waals surface area contributed by atoms with E-state index >= 15 is 0 Å². The molecule has 2 saturated heterocycles. The van der Waals surface area contributed by atoms with Crippen LogP contribution in [0.15, 0.2) is 97.1 Å². The number of nitrogens with two attached hydrogens (primary N) is 1. The van der Waals surface area contributed by atoms with Gasteiger partial charge in [-0.05, 0) is 59.2 Å². The van der Waals surface area contributed by atoms with Gasteiger partial charge in [0.25, 0.3) is 0 Å². The molecule has 268 valence electrons. The third kappa shape index (κ3) is 10.0. The molecule has 0 bridgehead atoms. The minimum atomic E-state index is -0.565. The molecule has 0 radical (unpaired) electrons. The van der Waals surface area contributed by atoms with Crippen LogP contribution in [0.3, 0.4) is 0 Å². The van der Waals surface area contributed by atoms with Crippen molar-refractivity contribution in [3.05, 3.63) is 119 Å². The molecule has 4 aromatic rings. The summed E-state index contributed by atoms with van der Waals surface area (Å²) in [5.74, 6) is -0.177. The van der Waals surface area contributed by atoms with Crippen LogP contribution in [0.25, 0.3) is 11.1 Å². The maximum Gasteiger partial charge on any atom is 0.224 e. The van der Waals surface area contributed by atoms with Crippen molar-refractivity contribution >= 4 is 23.2 Å². The zero-order chi connectivity index (χ0) is 35.6. The Kier molecular flexibility index (Phi) is 12.5. The number of likely N-dealkylation sites (tertiary alicyclic amines) is 1. The van der Waals surface area contributed by atoms with Crippen LogP contribution in [-0.2, 0) is 32.2 Å². The van der Waals surface area contributed by atoms with Crippen molar-refractivity contribution in [2.45, 2.75) is 76.3 Å². The van der Waals surface area contributed by atoms with Crippen LogP contribution in [0, 0.1) is 0 Å². The molecular formula is C41H48N4O6. The first-order chi connectivity index (χ1) is 24.8. The Labute approximate surface area is 299 Å². The molecule has 6 rings (SSSR count). The normalized spacial score (nSPS) is 20.6. The lowest BCUT2D eigenvalue weighted by Crippen LogP contribution is -2.38. The molecule has 6 N–H and O–H groups in total. The Morgan fingerprint density at radius 1 is 0.843 bits per heavy atom. The summed E-state index contributed by atoms with van der Waals surface area (Å²) in [6.45, 7) is 2.61. The largest absolute Gasteiger partial charge is 0.397 e. The summed E-state index contributed by atoms with van der Waals surface area (Å²) in [5.41, 5.74) is 12.9. The number of anilines is 2. The maximum atomic E-state index is 12.7. The quantitative estimate of drug-likeness (QED) is 0.0817. The van der Waals surface area contributed by atoms with Gasteiger partial charge < -0.3 is 36.1 Å². The van der Waals surface area contributed by atoms with E-state index in [1.165, 1.54) is 0 Å². The lowest BCUT2D eigenvalue weighted by molar-refractivity contribution is -0.252. The van der Waals surface area contributed by atoms with Crippen LogP contribution in [0.2, 0.25) is 0 Å². The zero-order valence-electron chi connectivity index (χ0n) is 28.9. The second-order valence-electron chi connectivity index (χ2n) is 13.5. The van der Waals surface area contributed by atoms with E-state index in [0.717, 1.165) is 52.9 Å². The van der Waals surface area contributed by atoms with Crippen LogP contribution in [0.5, 0.6) is 0 Å². The predicted molar refractivity (Wildman–Crippen MR) is 197 cm³/mol. The van der Waals surface area contributed by atoms with E-state index in [9.17, 15) is 19.8 Å². The van der Waals surface area contributed by atoms with Crippen LogP contribution in [0.1, 0.15) is 73.2 Å². The number of unbranched alkanes of at least 4 members (excludes halogenated alkanes) is 1. The van der Waals surface area contributed by atoms with Gasteiger partial charge in [0.2, 0.25) is 11.8 Å². The highest BCUT2D eigenvalue weighted by molar-refractivity contribution is 5.93. The minimum absolute atomic E-state index is 0.00666. The summed E-state index contributed by atoms with van der Waals surface area (Å²) in [6.07, 6.45) is 2.22. The van der Waals surface area contributed by atoms with E-state index in [1.54, 1.807) is 12.1 Å². The molecule has 2 heterocycles. The van der Waals surface area contributed by atoms with Crippen molar-refractivity contribution in [2.24, 2.45) is 0 Å². The van der Waals surface area contributed by atoms with Gasteiger partial charge in [-0.15, -0.1) is 0 Å². The lowest BCUT2D eigenvalue weighted by Gasteiger charge is -2.38. The van der Waals surface area contributed by atoms with Crippen LogP contribution in [-0.4, -0.2) is 58.8 Å². The van der Waals surface area contributed by atoms with Crippen molar-refractivity contribution in [3.63, 3.8) is 0 Å². The number of nitrogens with one attached hydrogen (secondary N) is 2. The molecular weight excluding hydrogens is 644 g/mol. The topological polar surface area (TPSA) is 146 Å². The Morgan fingerprint density at radius 3 is 2.27 bits per heavy atom. The highest BCUT2D eigenvalue weighted by Gasteiger charge is 2.34. The fourth-order valence-corrected chi connectivity index (χ4v) is 6.75. The summed E-state index contributed by atoms with van der Waals surface area (Å²) in [7, 11) is 0. The van der Waals surface area contributed by atoms with Crippen molar-refractivity contribution in [2.75, 3.05) is 30.7 Å². The van der Waals surface area contributed by atoms with Gasteiger partial charge in [-0.3, -0.25) is 14.5 Å². The van der Waals surface area contributed by atoms with E-state index < -0.39 is 6.29 Å². The highest BCUT2D eigenvalue weighted by Crippen LogP contribution is 2.39. The number of nitrogen functional groups attached to an aromatic ring is 1. The van der Waals surface area contributed by atoms with Gasteiger partial charge in [-0.25, -0.2) is 0 Å². The first kappa shape index (κ1) is 36.2. The van der Waals surface area contributed by atoms with Gasteiger partial charge in [0.15, 0.2) is 6.29 Å². The van der Waals surface area contributed by atoms with Crippen LogP contribution in [0.4, 0.5) is 11.4 Å². The fourth-order valence-electron chi connectivity index (χ4n) is 6.75. The third-order valence-electron chi connectivity index (χ3n) is 9.60. The number of para-hydroxylation sites is 2. The average Bonchev–Trinajstić information content (AvgIpc) is 3.57. The lowest BCUT2D eigenvalue weighted by atomic mass is 9.97. The number of carbonyl (C=O) groups is 2. The Bertz CT molecular complexity index is 1750. The van der Waals surface area contributed by atoms with Gasteiger partial charge in [0.05, 0.1) is 36.3 Å². The number of β-amino-alcohol motifs (C(OH)–C–C–N with tert-alkyl or cyclic N) is 1. The number of amides is 2. The van der Waals surface area contributed by atoms with Crippen molar-refractivity contribution < 1.29 is 29.3 Å². The molecule has 0 aliphatic carbocycles. The van der Waals surface area contributed by atoms with Crippen molar-refractivity contribution in [3.8, 4) is 11.1 Å². The van der Waals surface area contributed by atoms with Gasteiger partial charge in [-0.2, -0.15) is 0 Å². The molecule has 2 amide bonds. The van der Waals surface area contributed by atoms with Gasteiger partial charge >= 0.3 is 0 Å². The molecule has 2 fully saturated rings. The first-order valence-corrected chi connectivity index (χ1v) is 17.8. The van der Waals surface area contributed by atoms with Crippen LogP contribution >= 0.6 is 0 Å². The summed E-state index contributed by atoms with van der Waals surface area (Å²) in [5, 5.41) is 25.5. The molecule has 2 aliphatic rings. The first-order valence-electron chi connectivity index (χ1n) is 17.8. The molecule has 4 atom stereocenters. The maximum absolute atomic E-state index is 12.7. The molecule has 51 heavy (non-hydrogen) atoms. The summed E-state index contributed by atoms with van der Waals surface area (Å²) in [4.78, 5) is 27.2. The van der Waals surface area contributed by atoms with E-state index in [4.69, 9.17) is 15.2 Å². The number of rotatable bonds is 14. The zero-order valence-corrected chi connectivity index (χ0v) is 28.9. The molecule has 10 heteroatoms. The van der Waals surface area contributed by atoms with Crippen molar-refractivity contribution in [1.29, 1.82) is 0 Å². The Morgan fingerprint density at radius 2 is 1.55 bits per heavy atom. The van der Waals surface area contributed by atoms with E-state index in [1.807, 2.05) is 66.7 Å². The number of hydrogen-bond acceptors (Lipinski definition) is 8.